The molecule has 2 aliphatic rings. The molecule has 0 unspecified atom stereocenters. The minimum absolute atomic E-state index is 0. The van der Waals surface area contributed by atoms with Gasteiger partial charge in [0.05, 0.1) is 40.0 Å². The van der Waals surface area contributed by atoms with Crippen molar-refractivity contribution in [2.24, 2.45) is 11.8 Å². The number of β-lactam (4-membered cyclic amide) rings is 1. The predicted molar refractivity (Wildman–Crippen MR) is 143 cm³/mol. The first kappa shape index (κ1) is 28.0. The van der Waals surface area contributed by atoms with E-state index >= 15 is 0 Å². The Morgan fingerprint density at radius 2 is 2.03 bits per heavy atom. The fraction of sp³-hybridized carbons (Fsp3) is 0.333. The Morgan fingerprint density at radius 1 is 1.28 bits per heavy atom. The van der Waals surface area contributed by atoms with Gasteiger partial charge in [0.1, 0.15) is 12.7 Å². The Balaban J connectivity index is 0.00000308. The van der Waals surface area contributed by atoms with Crippen LogP contribution in [0.2, 0.25) is 0 Å². The van der Waals surface area contributed by atoms with Crippen LogP contribution in [0, 0.1) is 11.8 Å². The molecule has 0 aliphatic carbocycles. The largest absolute Gasteiger partial charge is 1.00 e. The van der Waals surface area contributed by atoms with Gasteiger partial charge in [-0.15, -0.1) is 0 Å². The lowest BCUT2D eigenvalue weighted by Crippen LogP contribution is -3.00. The van der Waals surface area contributed by atoms with Gasteiger partial charge >= 0.3 is 0 Å². The number of rotatable bonds is 8. The molecule has 1 saturated heterocycles. The van der Waals surface area contributed by atoms with E-state index in [9.17, 15) is 19.8 Å². The van der Waals surface area contributed by atoms with Crippen LogP contribution in [0.25, 0.3) is 10.4 Å². The van der Waals surface area contributed by atoms with Gasteiger partial charge in [0, 0.05) is 17.1 Å². The van der Waals surface area contributed by atoms with Crippen molar-refractivity contribution in [2.45, 2.75) is 44.1 Å². The molecule has 8 nitrogen and oxygen atoms in total. The predicted octanol–water partition coefficient (Wildman–Crippen LogP) is -1.22. The molecule has 0 spiro atoms. The van der Waals surface area contributed by atoms with Gasteiger partial charge in [-0.1, -0.05) is 59.6 Å². The van der Waals surface area contributed by atoms with Crippen LogP contribution in [0.3, 0.4) is 0 Å². The number of carbonyl (C=O) groups excluding carboxylic acids is 2. The number of aliphatic carboxylic acids is 1. The molecule has 4 atom stereocenters. The normalized spacial score (nSPS) is 21.2. The third-order valence-corrected chi connectivity index (χ3v) is 10.2. The molecule has 0 bridgehead atoms. The molecule has 4 aromatic rings. The number of amides is 1. The monoisotopic (exact) mass is 646 g/mol. The van der Waals surface area contributed by atoms with Crippen molar-refractivity contribution in [1.29, 1.82) is 0 Å². The van der Waals surface area contributed by atoms with Crippen molar-refractivity contribution in [3.63, 3.8) is 0 Å². The number of carboxylic acid groups (broad SMARTS) is 1. The maximum Gasteiger partial charge on any atom is 0.250 e. The summed E-state index contributed by atoms with van der Waals surface area (Å²) in [4.78, 5) is 28.0. The van der Waals surface area contributed by atoms with Crippen molar-refractivity contribution < 1.29 is 45.9 Å². The SMILES string of the molecule is CSc1c2sc(C3=C(C(=O)[O-])N4C(=O)[C@H]([C@@H](C)O)[C@H]4[C@H]3C)cn2c[n+]1Cc1cccc(C[n+]2ccsc2)c1.[Br-]. The quantitative estimate of drug-likeness (QED) is 0.147. The van der Waals surface area contributed by atoms with E-state index in [1.807, 2.05) is 30.1 Å². The number of thiazole rings is 2. The lowest BCUT2D eigenvalue weighted by molar-refractivity contribution is -0.721. The summed E-state index contributed by atoms with van der Waals surface area (Å²) in [5.74, 6) is -2.53. The molecule has 6 rings (SSSR count). The van der Waals surface area contributed by atoms with Gasteiger partial charge in [-0.25, -0.2) is 4.57 Å². The number of imidazole rings is 1. The number of fused-ring (bicyclic) bond motifs is 2. The highest BCUT2D eigenvalue weighted by atomic mass is 79.9. The number of thioether (sulfide) groups is 1. The zero-order valence-corrected chi connectivity index (χ0v) is 25.5. The van der Waals surface area contributed by atoms with Gasteiger partial charge in [-0.05, 0) is 24.8 Å². The van der Waals surface area contributed by atoms with E-state index < -0.39 is 18.0 Å². The number of hydrogen-bond donors (Lipinski definition) is 1. The van der Waals surface area contributed by atoms with E-state index in [1.165, 1.54) is 27.4 Å². The molecular weight excluding hydrogens is 620 g/mol. The summed E-state index contributed by atoms with van der Waals surface area (Å²) in [5.41, 5.74) is 5.09. The van der Waals surface area contributed by atoms with Gasteiger partial charge in [-0.2, -0.15) is 8.97 Å². The first-order chi connectivity index (χ1) is 18.3. The number of benzene rings is 1. The summed E-state index contributed by atoms with van der Waals surface area (Å²) in [6, 6.07) is 8.23. The highest BCUT2D eigenvalue weighted by Crippen LogP contribution is 2.51. The van der Waals surface area contributed by atoms with E-state index in [2.05, 4.69) is 50.5 Å². The average Bonchev–Trinajstić information content (AvgIpc) is 3.62. The molecule has 39 heavy (non-hydrogen) atoms. The van der Waals surface area contributed by atoms with Crippen LogP contribution in [0.4, 0.5) is 0 Å². The Morgan fingerprint density at radius 3 is 2.67 bits per heavy atom. The lowest BCUT2D eigenvalue weighted by Gasteiger charge is -2.47. The van der Waals surface area contributed by atoms with Crippen molar-refractivity contribution in [2.75, 3.05) is 6.26 Å². The van der Waals surface area contributed by atoms with E-state index in [0.717, 1.165) is 21.3 Å². The molecule has 3 aromatic heterocycles. The Kier molecular flexibility index (Phi) is 7.77. The highest BCUT2D eigenvalue weighted by molar-refractivity contribution is 7.98. The molecule has 1 N–H and O–H groups in total. The fourth-order valence-corrected chi connectivity index (χ4v) is 8.62. The Bertz CT molecular complexity index is 1590. The zero-order valence-electron chi connectivity index (χ0n) is 21.5. The van der Waals surface area contributed by atoms with Crippen LogP contribution < -0.4 is 31.2 Å². The number of hydrogen-bond acceptors (Lipinski definition) is 7. The Hall–Kier alpha value is -2.51. The molecule has 5 heterocycles. The van der Waals surface area contributed by atoms with E-state index in [4.69, 9.17) is 0 Å². The first-order valence-corrected chi connectivity index (χ1v) is 15.3. The van der Waals surface area contributed by atoms with Crippen LogP contribution in [-0.2, 0) is 22.7 Å². The summed E-state index contributed by atoms with van der Waals surface area (Å²) in [7, 11) is 0. The molecule has 1 aromatic carbocycles. The number of aliphatic hydroxyl groups is 1. The fourth-order valence-electron chi connectivity index (χ4n) is 5.84. The van der Waals surface area contributed by atoms with Crippen LogP contribution >= 0.6 is 34.4 Å². The number of halogens is 1. The molecule has 12 heteroatoms. The van der Waals surface area contributed by atoms with E-state index in [-0.39, 0.29) is 40.5 Å². The van der Waals surface area contributed by atoms with Crippen molar-refractivity contribution in [1.82, 2.24) is 9.30 Å². The van der Waals surface area contributed by atoms with Crippen LogP contribution in [0.1, 0.15) is 29.9 Å². The van der Waals surface area contributed by atoms with Crippen LogP contribution in [-0.4, -0.2) is 44.7 Å². The standard InChI is InChI=1S/C27H27N4O4S3.BrH/c1-15-20(23(27(34)35)31-22(15)21(16(2)32)24(31)33)19-12-30-13-29(25(36-3)26(30)38-19)11-18-6-4-5-17(9-18)10-28-7-8-37-14-28;/h4-9,12-16,21-22,32H,10-11H2,1-3H3;1H/q+1;/p-1/t15-,16+,21+,22+;/m0./s1. The first-order valence-electron chi connectivity index (χ1n) is 12.3. The molecule has 2 aliphatic heterocycles. The topological polar surface area (TPSA) is 92.8 Å². The van der Waals surface area contributed by atoms with Gasteiger partial charge in [0.2, 0.25) is 21.3 Å². The second-order valence-electron chi connectivity index (χ2n) is 9.88. The second kappa shape index (κ2) is 10.8. The van der Waals surface area contributed by atoms with Crippen molar-refractivity contribution >= 4 is 56.7 Å². The number of carbonyl (C=O) groups is 2. The van der Waals surface area contributed by atoms with Gasteiger partial charge < -0.3 is 36.9 Å². The lowest BCUT2D eigenvalue weighted by atomic mass is 9.77. The number of aromatic nitrogens is 3. The summed E-state index contributed by atoms with van der Waals surface area (Å²) in [6.07, 6.45) is 7.27. The molecule has 0 saturated carbocycles. The summed E-state index contributed by atoms with van der Waals surface area (Å²) in [5, 5.41) is 25.5. The summed E-state index contributed by atoms with van der Waals surface area (Å²) < 4.78 is 6.41. The molecule has 0 radical (unpaired) electrons. The second-order valence-corrected chi connectivity index (χ2v) is 12.5. The average molecular weight is 648 g/mol. The van der Waals surface area contributed by atoms with Gasteiger partial charge in [-0.3, -0.25) is 4.79 Å². The highest BCUT2D eigenvalue weighted by Gasteiger charge is 2.59. The third-order valence-electron chi connectivity index (χ3n) is 7.47. The van der Waals surface area contributed by atoms with Gasteiger partial charge in [0.15, 0.2) is 12.7 Å². The molecular formula is C27H27BrN4O4S3. The number of aliphatic hydroxyl groups excluding tert-OH is 1. The van der Waals surface area contributed by atoms with E-state index in [1.54, 1.807) is 30.0 Å². The summed E-state index contributed by atoms with van der Waals surface area (Å²) >= 11 is 4.84. The van der Waals surface area contributed by atoms with Gasteiger partial charge in [0.25, 0.3) is 6.33 Å². The molecule has 1 fully saturated rings. The smallest absolute Gasteiger partial charge is 0.250 e. The van der Waals surface area contributed by atoms with E-state index in [0.29, 0.717) is 12.1 Å². The van der Waals surface area contributed by atoms with Crippen LogP contribution in [0.5, 0.6) is 0 Å². The number of carboxylic acids is 1. The van der Waals surface area contributed by atoms with Crippen molar-refractivity contribution in [3.8, 4) is 0 Å². The third kappa shape index (κ3) is 4.65. The maximum absolute atomic E-state index is 12.7. The number of nitrogens with zero attached hydrogens (tertiary/aromatic N) is 4. The molecule has 1 amide bonds. The van der Waals surface area contributed by atoms with Crippen LogP contribution in [0.15, 0.2) is 64.6 Å². The minimum Gasteiger partial charge on any atom is -1.00 e. The minimum atomic E-state index is -1.36. The Labute approximate surface area is 248 Å². The maximum atomic E-state index is 12.7. The van der Waals surface area contributed by atoms with Crippen molar-refractivity contribution in [3.05, 3.63) is 75.6 Å². The molecule has 204 valence electrons. The zero-order chi connectivity index (χ0) is 26.7. The summed E-state index contributed by atoms with van der Waals surface area (Å²) in [6.45, 7) is 5.05.